The van der Waals surface area contributed by atoms with Crippen LogP contribution in [0.5, 0.6) is 0 Å². The maximum atomic E-state index is 4.20. The summed E-state index contributed by atoms with van der Waals surface area (Å²) >= 11 is 0. The van der Waals surface area contributed by atoms with Gasteiger partial charge in [-0.1, -0.05) is 69.2 Å². The Kier molecular flexibility index (Phi) is 10.9. The van der Waals surface area contributed by atoms with Gasteiger partial charge in [0.2, 0.25) is 0 Å². The summed E-state index contributed by atoms with van der Waals surface area (Å²) in [6.45, 7) is 23.9. The van der Waals surface area contributed by atoms with Crippen molar-refractivity contribution in [2.24, 2.45) is 46.2 Å². The normalized spacial score (nSPS) is 17.1. The molecule has 3 rings (SSSR count). The Morgan fingerprint density at radius 1 is 0.714 bits per heavy atom. The molecule has 0 aromatic carbocycles. The summed E-state index contributed by atoms with van der Waals surface area (Å²) in [6.07, 6.45) is 6.81. The van der Waals surface area contributed by atoms with Crippen molar-refractivity contribution in [2.75, 3.05) is 19.6 Å². The topological polar surface area (TPSA) is 74.2 Å². The Morgan fingerprint density at radius 3 is 1.50 bits per heavy atom. The number of hydrogen-bond donors (Lipinski definition) is 0. The van der Waals surface area contributed by atoms with Crippen LogP contribution in [0, 0.1) is 16.2 Å². The third kappa shape index (κ3) is 15.1. The zero-order chi connectivity index (χ0) is 21.8. The van der Waals surface area contributed by atoms with Gasteiger partial charge in [-0.2, -0.15) is 0 Å². The zero-order valence-electron chi connectivity index (χ0n) is 19.6. The van der Waals surface area contributed by atoms with Crippen molar-refractivity contribution in [1.82, 2.24) is 0 Å². The lowest BCUT2D eigenvalue weighted by Gasteiger charge is -2.16. The van der Waals surface area contributed by atoms with Crippen LogP contribution in [0.1, 0.15) is 69.2 Å². The highest BCUT2D eigenvalue weighted by atomic mass is 15.0. The molecule has 0 bridgehead atoms. The highest BCUT2D eigenvalue weighted by Gasteiger charge is 2.19. The van der Waals surface area contributed by atoms with E-state index in [1.165, 1.54) is 5.71 Å². The van der Waals surface area contributed by atoms with Crippen LogP contribution in [0.25, 0.3) is 0 Å². The molecular formula is C22H40N6. The Bertz CT molecular complexity index is 613. The smallest absolute Gasteiger partial charge is 0.128 e. The van der Waals surface area contributed by atoms with Gasteiger partial charge in [-0.15, -0.1) is 0 Å². The highest BCUT2D eigenvalue weighted by molar-refractivity contribution is 5.99. The molecule has 0 fully saturated rings. The van der Waals surface area contributed by atoms with Gasteiger partial charge in [0.25, 0.3) is 0 Å². The van der Waals surface area contributed by atoms with Gasteiger partial charge in [-0.3, -0.25) is 15.0 Å². The van der Waals surface area contributed by atoms with E-state index in [1.54, 1.807) is 18.9 Å². The van der Waals surface area contributed by atoms with Crippen LogP contribution in [0.2, 0.25) is 0 Å². The molecule has 0 aromatic heterocycles. The van der Waals surface area contributed by atoms with E-state index in [0.717, 1.165) is 25.5 Å². The van der Waals surface area contributed by atoms with Crippen molar-refractivity contribution in [3.05, 3.63) is 0 Å². The monoisotopic (exact) mass is 388 g/mol. The van der Waals surface area contributed by atoms with Gasteiger partial charge in [0.05, 0.1) is 19.6 Å². The largest absolute Gasteiger partial charge is 0.268 e. The number of amidine groups is 1. The maximum absolute atomic E-state index is 4.20. The van der Waals surface area contributed by atoms with Crippen LogP contribution in [0.4, 0.5) is 0 Å². The van der Waals surface area contributed by atoms with E-state index in [9.17, 15) is 0 Å². The first-order valence-electron chi connectivity index (χ1n) is 9.84. The van der Waals surface area contributed by atoms with Crippen molar-refractivity contribution in [3.63, 3.8) is 0 Å². The quantitative estimate of drug-likeness (QED) is 0.548. The van der Waals surface area contributed by atoms with E-state index in [2.05, 4.69) is 99.2 Å². The molecule has 0 atom stereocenters. The van der Waals surface area contributed by atoms with Crippen LogP contribution in [-0.4, -0.2) is 56.3 Å². The van der Waals surface area contributed by atoms with Gasteiger partial charge < -0.3 is 0 Å². The Morgan fingerprint density at radius 2 is 1.32 bits per heavy atom. The fraction of sp³-hybridized carbons (Fsp3) is 0.727. The average Bonchev–Trinajstić information content (AvgIpc) is 3.28. The Balaban J connectivity index is 0.000000361. The van der Waals surface area contributed by atoms with Crippen LogP contribution in [0.15, 0.2) is 30.0 Å². The molecule has 0 aliphatic carbocycles. The standard InChI is InChI=1S/2C7H12N2.C5H12.C3H4N2/c1-7(2,3)6-4-8-5-9-6;1-7(2,3)6-8-4-5-9-6;1-5(2,3)4;1-2-5-3-4-1/h5H,4H2,1-3H3;4H,5H2,1-3H3;1-4H3;1,3H,2H2. The summed E-state index contributed by atoms with van der Waals surface area (Å²) in [4.78, 5) is 23.9. The second-order valence-electron chi connectivity index (χ2n) is 10.3. The minimum absolute atomic E-state index is 0.132. The third-order valence-electron chi connectivity index (χ3n) is 3.05. The Labute approximate surface area is 172 Å². The number of rotatable bonds is 0. The molecule has 3 aliphatic heterocycles. The molecule has 158 valence electrons. The second kappa shape index (κ2) is 11.8. The number of aliphatic imine (C=N–C) groups is 6. The van der Waals surface area contributed by atoms with E-state index in [1.807, 2.05) is 6.21 Å². The van der Waals surface area contributed by atoms with Gasteiger partial charge in [0.15, 0.2) is 0 Å². The predicted octanol–water partition coefficient (Wildman–Crippen LogP) is 5.18. The molecular weight excluding hydrogens is 348 g/mol. The average molecular weight is 389 g/mol. The summed E-state index contributed by atoms with van der Waals surface area (Å²) in [5.74, 6) is 0.975. The second-order valence-corrected chi connectivity index (χ2v) is 10.3. The maximum Gasteiger partial charge on any atom is 0.128 e. The summed E-state index contributed by atoms with van der Waals surface area (Å²) in [6, 6.07) is 0. The van der Waals surface area contributed by atoms with Gasteiger partial charge in [0, 0.05) is 29.0 Å². The lowest BCUT2D eigenvalue weighted by atomic mass is 9.90. The summed E-state index contributed by atoms with van der Waals surface area (Å²) in [5, 5.41) is 0. The highest BCUT2D eigenvalue weighted by Crippen LogP contribution is 2.18. The lowest BCUT2D eigenvalue weighted by molar-refractivity contribution is 0.469. The molecule has 3 aliphatic rings. The van der Waals surface area contributed by atoms with E-state index >= 15 is 0 Å². The third-order valence-corrected chi connectivity index (χ3v) is 3.05. The van der Waals surface area contributed by atoms with E-state index in [-0.39, 0.29) is 10.8 Å². The summed E-state index contributed by atoms with van der Waals surface area (Å²) in [7, 11) is 0. The molecule has 3 heterocycles. The summed E-state index contributed by atoms with van der Waals surface area (Å²) in [5.41, 5.74) is 2.02. The van der Waals surface area contributed by atoms with Gasteiger partial charge in [-0.25, -0.2) is 15.0 Å². The first-order chi connectivity index (χ1) is 12.7. The minimum atomic E-state index is 0.132. The molecule has 0 N–H and O–H groups in total. The molecule has 0 amide bonds. The van der Waals surface area contributed by atoms with Gasteiger partial charge in [-0.05, 0) is 5.41 Å². The Hall–Kier alpha value is -1.98. The van der Waals surface area contributed by atoms with Crippen LogP contribution in [0.3, 0.4) is 0 Å². The van der Waals surface area contributed by atoms with Crippen molar-refractivity contribution in [2.45, 2.75) is 69.2 Å². The SMILES string of the molecule is C1=NC=NC1.CC(C)(C)C.CC(C)(C)C1=NC=NC1.CC(C)(C)C1=NCC=N1. The predicted molar refractivity (Wildman–Crippen MR) is 127 cm³/mol. The fourth-order valence-corrected chi connectivity index (χ4v) is 1.67. The minimum Gasteiger partial charge on any atom is -0.268 e. The fourth-order valence-electron chi connectivity index (χ4n) is 1.67. The van der Waals surface area contributed by atoms with Crippen molar-refractivity contribution in [1.29, 1.82) is 0 Å². The van der Waals surface area contributed by atoms with Gasteiger partial charge in [0.1, 0.15) is 18.5 Å². The molecule has 0 radical (unpaired) electrons. The summed E-state index contributed by atoms with van der Waals surface area (Å²) < 4.78 is 0. The van der Waals surface area contributed by atoms with Crippen molar-refractivity contribution < 1.29 is 0 Å². The van der Waals surface area contributed by atoms with Gasteiger partial charge >= 0.3 is 0 Å². The molecule has 0 unspecified atom stereocenters. The van der Waals surface area contributed by atoms with Crippen LogP contribution >= 0.6 is 0 Å². The molecule has 28 heavy (non-hydrogen) atoms. The number of nitrogens with zero attached hydrogens (tertiary/aromatic N) is 6. The number of hydrogen-bond acceptors (Lipinski definition) is 6. The molecule has 0 spiro atoms. The van der Waals surface area contributed by atoms with Crippen LogP contribution < -0.4 is 0 Å². The van der Waals surface area contributed by atoms with E-state index < -0.39 is 0 Å². The van der Waals surface area contributed by atoms with Crippen molar-refractivity contribution in [3.8, 4) is 0 Å². The lowest BCUT2D eigenvalue weighted by Crippen LogP contribution is -2.20. The van der Waals surface area contributed by atoms with E-state index in [4.69, 9.17) is 0 Å². The molecule has 6 heteroatoms. The molecule has 0 saturated heterocycles. The van der Waals surface area contributed by atoms with Crippen molar-refractivity contribution >= 4 is 36.7 Å². The van der Waals surface area contributed by atoms with Crippen LogP contribution in [-0.2, 0) is 0 Å². The molecule has 6 nitrogen and oxygen atoms in total. The van der Waals surface area contributed by atoms with E-state index in [0.29, 0.717) is 5.41 Å². The molecule has 0 aromatic rings. The zero-order valence-corrected chi connectivity index (χ0v) is 19.6. The molecule has 0 saturated carbocycles. The first-order valence-corrected chi connectivity index (χ1v) is 9.84. The first kappa shape index (κ1) is 26.0.